The van der Waals surface area contributed by atoms with Gasteiger partial charge in [-0.15, -0.1) is 0 Å². The average Bonchev–Trinajstić information content (AvgIpc) is 2.21. The second kappa shape index (κ2) is 4.36. The highest BCUT2D eigenvalue weighted by atomic mass is 16.8. The summed E-state index contributed by atoms with van der Waals surface area (Å²) >= 11 is 0. The number of hydrogen-bond acceptors (Lipinski definition) is 4. The first-order valence-corrected chi connectivity index (χ1v) is 3.76. The van der Waals surface area contributed by atoms with Gasteiger partial charge in [-0.1, -0.05) is 18.2 Å². The van der Waals surface area contributed by atoms with Crippen LogP contribution in [-0.2, 0) is 13.7 Å². The first kappa shape index (κ1) is 8.68. The van der Waals surface area contributed by atoms with Crippen molar-refractivity contribution in [2.45, 2.75) is 0 Å². The van der Waals surface area contributed by atoms with Crippen LogP contribution in [0.4, 0.5) is 0 Å². The Balaban J connectivity index is 1.90. The van der Waals surface area contributed by atoms with Crippen LogP contribution < -0.4 is 4.65 Å². The van der Waals surface area contributed by atoms with Gasteiger partial charge < -0.3 is 18.4 Å². The molecule has 4 nitrogen and oxygen atoms in total. The molecule has 7 heteroatoms. The van der Waals surface area contributed by atoms with Crippen LogP contribution >= 0.6 is 0 Å². The monoisotopic (exact) mass is 174 g/mol. The Kier molecular flexibility index (Phi) is 2.92. The molecule has 1 aliphatic rings. The van der Waals surface area contributed by atoms with Crippen molar-refractivity contribution < 1.29 is 18.4 Å². The number of hydrogen-bond donors (Lipinski definition) is 0. The highest BCUT2D eigenvalue weighted by Gasteiger charge is 2.29. The van der Waals surface area contributed by atoms with Crippen LogP contribution in [0, 0.1) is 0 Å². The zero-order valence-electron chi connectivity index (χ0n) is 6.75. The van der Waals surface area contributed by atoms with Crippen LogP contribution in [0.2, 0.25) is 0 Å². The van der Waals surface area contributed by atoms with Gasteiger partial charge in [0.05, 0.1) is 0 Å². The Bertz CT molecular complexity index is 251. The van der Waals surface area contributed by atoms with E-state index in [0.717, 1.165) is 15.4 Å². The molecule has 2 radical (unpaired) electrons. The third-order valence-corrected chi connectivity index (χ3v) is 1.42. The molecule has 1 saturated heterocycles. The third kappa shape index (κ3) is 2.52. The standard InChI is InChI=1S/C6H5B3O4/c1-2-4-6(5-3-1)10-9-12-7-11-8-13-9/h1-5H. The van der Waals surface area contributed by atoms with Gasteiger partial charge in [0.15, 0.2) is 0 Å². The van der Waals surface area contributed by atoms with Crippen molar-refractivity contribution >= 4 is 22.7 Å². The van der Waals surface area contributed by atoms with Crippen molar-refractivity contribution in [2.24, 2.45) is 0 Å². The highest BCUT2D eigenvalue weighted by Crippen LogP contribution is 2.10. The Morgan fingerprint density at radius 1 is 1.08 bits per heavy atom. The van der Waals surface area contributed by atoms with Gasteiger partial charge in [0, 0.05) is 0 Å². The first-order valence-electron chi connectivity index (χ1n) is 3.76. The van der Waals surface area contributed by atoms with Crippen LogP contribution in [-0.4, -0.2) is 22.7 Å². The van der Waals surface area contributed by atoms with Crippen LogP contribution in [0.1, 0.15) is 0 Å². The lowest BCUT2D eigenvalue weighted by Crippen LogP contribution is -2.39. The van der Waals surface area contributed by atoms with Crippen molar-refractivity contribution in [1.82, 2.24) is 0 Å². The van der Waals surface area contributed by atoms with E-state index in [1.807, 2.05) is 30.3 Å². The minimum absolute atomic E-state index is 0.677. The van der Waals surface area contributed by atoms with Crippen molar-refractivity contribution in [3.63, 3.8) is 0 Å². The van der Waals surface area contributed by atoms with E-state index in [2.05, 4.69) is 4.57 Å². The maximum absolute atomic E-state index is 5.27. The molecule has 1 heterocycles. The summed E-state index contributed by atoms with van der Waals surface area (Å²) in [5.41, 5.74) is 0. The zero-order chi connectivity index (χ0) is 8.93. The topological polar surface area (TPSA) is 36.9 Å². The SMILES string of the molecule is [B]1O[B]OB(Oc2ccccc2)O1. The largest absolute Gasteiger partial charge is 0.684 e. The molecule has 0 aliphatic carbocycles. The average molecular weight is 174 g/mol. The van der Waals surface area contributed by atoms with Gasteiger partial charge in [-0.3, -0.25) is 0 Å². The predicted molar refractivity (Wildman–Crippen MR) is 47.6 cm³/mol. The molecule has 0 bridgehead atoms. The maximum Gasteiger partial charge on any atom is 0.684 e. The quantitative estimate of drug-likeness (QED) is 0.598. The van der Waals surface area contributed by atoms with Crippen LogP contribution in [0.15, 0.2) is 30.3 Å². The van der Waals surface area contributed by atoms with Crippen molar-refractivity contribution in [3.05, 3.63) is 30.3 Å². The van der Waals surface area contributed by atoms with Crippen molar-refractivity contribution in [1.29, 1.82) is 0 Å². The molecule has 0 atom stereocenters. The summed E-state index contributed by atoms with van der Waals surface area (Å²) in [5, 5.41) is 0. The van der Waals surface area contributed by atoms with E-state index in [1.54, 1.807) is 0 Å². The summed E-state index contributed by atoms with van der Waals surface area (Å²) in [6.07, 6.45) is 0. The molecule has 0 saturated carbocycles. The summed E-state index contributed by atoms with van der Waals surface area (Å²) in [6.45, 7) is 0. The summed E-state index contributed by atoms with van der Waals surface area (Å²) in [7, 11) is 1.53. The van der Waals surface area contributed by atoms with Crippen LogP contribution in [0.5, 0.6) is 5.75 Å². The lowest BCUT2D eigenvalue weighted by atomic mass is 10.1. The van der Waals surface area contributed by atoms with Crippen molar-refractivity contribution in [2.75, 3.05) is 0 Å². The molecule has 62 valence electrons. The molecule has 0 spiro atoms. The molecular weight excluding hydrogens is 168 g/mol. The molecule has 2 rings (SSSR count). The first-order chi connectivity index (χ1) is 6.45. The minimum Gasteiger partial charge on any atom is -0.513 e. The Morgan fingerprint density at radius 3 is 2.46 bits per heavy atom. The minimum atomic E-state index is -0.767. The number of benzene rings is 1. The Morgan fingerprint density at radius 2 is 1.77 bits per heavy atom. The molecule has 0 amide bonds. The molecule has 1 aliphatic heterocycles. The molecule has 0 N–H and O–H groups in total. The highest BCUT2D eigenvalue weighted by molar-refractivity contribution is 6.57. The zero-order valence-corrected chi connectivity index (χ0v) is 6.75. The summed E-state index contributed by atoms with van der Waals surface area (Å²) < 4.78 is 19.5. The van der Waals surface area contributed by atoms with Crippen molar-refractivity contribution in [3.8, 4) is 5.75 Å². The maximum atomic E-state index is 5.27. The number of para-hydroxylation sites is 1. The van der Waals surface area contributed by atoms with Crippen LogP contribution in [0.25, 0.3) is 0 Å². The van der Waals surface area contributed by atoms with E-state index >= 15 is 0 Å². The van der Waals surface area contributed by atoms with E-state index in [4.69, 9.17) is 13.8 Å². The molecule has 1 aromatic carbocycles. The van der Waals surface area contributed by atoms with Crippen LogP contribution in [0.3, 0.4) is 0 Å². The Hall–Kier alpha value is -0.905. The molecular formula is C6H5B3O4. The lowest BCUT2D eigenvalue weighted by molar-refractivity contribution is 0.250. The third-order valence-electron chi connectivity index (χ3n) is 1.42. The molecule has 1 fully saturated rings. The van der Waals surface area contributed by atoms with E-state index < -0.39 is 7.32 Å². The molecule has 13 heavy (non-hydrogen) atoms. The second-order valence-electron chi connectivity index (χ2n) is 2.32. The van der Waals surface area contributed by atoms with Gasteiger partial charge in [0.1, 0.15) is 5.75 Å². The fraction of sp³-hybridized carbons (Fsp3) is 0. The molecule has 0 unspecified atom stereocenters. The fourth-order valence-corrected chi connectivity index (χ4v) is 0.875. The van der Waals surface area contributed by atoms with Gasteiger partial charge in [-0.25, -0.2) is 0 Å². The summed E-state index contributed by atoms with van der Waals surface area (Å²) in [6, 6.07) is 9.24. The lowest BCUT2D eigenvalue weighted by Gasteiger charge is -2.17. The summed E-state index contributed by atoms with van der Waals surface area (Å²) in [5.74, 6) is 0.677. The van der Waals surface area contributed by atoms with Gasteiger partial charge in [-0.2, -0.15) is 0 Å². The smallest absolute Gasteiger partial charge is 0.513 e. The van der Waals surface area contributed by atoms with E-state index in [-0.39, 0.29) is 0 Å². The number of rotatable bonds is 2. The van der Waals surface area contributed by atoms with E-state index in [1.165, 1.54) is 0 Å². The normalized spacial score (nSPS) is 15.8. The van der Waals surface area contributed by atoms with Gasteiger partial charge >= 0.3 is 22.7 Å². The predicted octanol–water partition coefficient (Wildman–Crippen LogP) is 0.182. The second-order valence-corrected chi connectivity index (χ2v) is 2.32. The van der Waals surface area contributed by atoms with Gasteiger partial charge in [0.2, 0.25) is 0 Å². The summed E-state index contributed by atoms with van der Waals surface area (Å²) in [4.78, 5) is 0. The van der Waals surface area contributed by atoms with Gasteiger partial charge in [0.25, 0.3) is 0 Å². The Labute approximate surface area is 77.9 Å². The molecule has 0 aromatic heterocycles. The van der Waals surface area contributed by atoms with Gasteiger partial charge in [-0.05, 0) is 12.1 Å². The van der Waals surface area contributed by atoms with E-state index in [9.17, 15) is 0 Å². The fourth-order valence-electron chi connectivity index (χ4n) is 0.875. The molecule has 1 aromatic rings. The van der Waals surface area contributed by atoms with E-state index in [0.29, 0.717) is 5.75 Å².